The molecule has 0 aromatic heterocycles. The van der Waals surface area contributed by atoms with Crippen LogP contribution in [0.1, 0.15) is 48.0 Å². The van der Waals surface area contributed by atoms with E-state index in [2.05, 4.69) is 25.8 Å². The highest BCUT2D eigenvalue weighted by molar-refractivity contribution is 5.86. The van der Waals surface area contributed by atoms with Gasteiger partial charge >= 0.3 is 0 Å². The largest absolute Gasteiger partial charge is 0.380 e. The van der Waals surface area contributed by atoms with Crippen molar-refractivity contribution < 1.29 is 9.53 Å². The molecule has 2 aliphatic heterocycles. The summed E-state index contributed by atoms with van der Waals surface area (Å²) in [7, 11) is 2.11. The van der Waals surface area contributed by atoms with Crippen LogP contribution in [0.4, 0.5) is 0 Å². The van der Waals surface area contributed by atoms with Gasteiger partial charge in [0.1, 0.15) is 0 Å². The zero-order valence-corrected chi connectivity index (χ0v) is 14.2. The van der Waals surface area contributed by atoms with Crippen LogP contribution in [-0.4, -0.2) is 43.5 Å². The Bertz CT molecular complexity index is 398. The van der Waals surface area contributed by atoms with Crippen molar-refractivity contribution in [3.8, 4) is 0 Å². The molecule has 2 spiro atoms. The number of hydrogen-bond acceptors (Lipinski definition) is 3. The van der Waals surface area contributed by atoms with Crippen molar-refractivity contribution in [2.24, 2.45) is 22.2 Å². The van der Waals surface area contributed by atoms with Gasteiger partial charge in [-0.05, 0) is 18.9 Å². The van der Waals surface area contributed by atoms with Crippen molar-refractivity contribution in [2.75, 3.05) is 26.8 Å². The number of rotatable bonds is 2. The molecule has 0 amide bonds. The summed E-state index contributed by atoms with van der Waals surface area (Å²) in [6, 6.07) is 0.129. The van der Waals surface area contributed by atoms with Crippen molar-refractivity contribution in [1.29, 1.82) is 0 Å². The molecule has 20 heavy (non-hydrogen) atoms. The average molecular weight is 281 g/mol. The van der Waals surface area contributed by atoms with Crippen LogP contribution in [0, 0.1) is 22.2 Å². The molecule has 0 radical (unpaired) electrons. The van der Waals surface area contributed by atoms with Gasteiger partial charge in [0.25, 0.3) is 0 Å². The number of Topliss-reactive ketones (excluding diaryl/α,β-unsaturated/α-hetero) is 1. The molecule has 1 saturated carbocycles. The van der Waals surface area contributed by atoms with E-state index in [0.29, 0.717) is 22.0 Å². The molecule has 0 aromatic carbocycles. The molecule has 2 heterocycles. The number of nitrogens with zero attached hydrogens (tertiary/aromatic N) is 1. The van der Waals surface area contributed by atoms with Crippen LogP contribution in [0.15, 0.2) is 0 Å². The normalized spacial score (nSPS) is 36.7. The summed E-state index contributed by atoms with van der Waals surface area (Å²) in [5, 5.41) is 0. The molecule has 2 unspecified atom stereocenters. The Hall–Kier alpha value is -0.410. The molecule has 116 valence electrons. The van der Waals surface area contributed by atoms with Crippen molar-refractivity contribution in [1.82, 2.24) is 4.90 Å². The fourth-order valence-corrected chi connectivity index (χ4v) is 4.79. The second-order valence-corrected chi connectivity index (χ2v) is 7.47. The summed E-state index contributed by atoms with van der Waals surface area (Å²) in [4.78, 5) is 14.6. The zero-order valence-electron chi connectivity index (χ0n) is 14.2. The van der Waals surface area contributed by atoms with Crippen molar-refractivity contribution in [2.45, 2.75) is 54.0 Å². The fourth-order valence-electron chi connectivity index (χ4n) is 4.79. The third kappa shape index (κ3) is 1.62. The number of hydrogen-bond donors (Lipinski definition) is 0. The summed E-state index contributed by atoms with van der Waals surface area (Å²) >= 11 is 0. The lowest BCUT2D eigenvalue weighted by Crippen LogP contribution is -2.37. The molecule has 3 fully saturated rings. The van der Waals surface area contributed by atoms with E-state index in [1.54, 1.807) is 0 Å². The zero-order chi connectivity index (χ0) is 15.3. The summed E-state index contributed by atoms with van der Waals surface area (Å²) < 4.78 is 5.50. The Balaban J connectivity index is 0.000000704. The van der Waals surface area contributed by atoms with Crippen LogP contribution in [0.25, 0.3) is 0 Å². The highest BCUT2D eigenvalue weighted by atomic mass is 16.5. The Morgan fingerprint density at radius 2 is 1.75 bits per heavy atom. The van der Waals surface area contributed by atoms with E-state index in [9.17, 15) is 4.79 Å². The third-order valence-corrected chi connectivity index (χ3v) is 6.43. The Labute approximate surface area is 124 Å². The second kappa shape index (κ2) is 4.81. The van der Waals surface area contributed by atoms with Crippen LogP contribution in [-0.2, 0) is 9.53 Å². The first-order valence-corrected chi connectivity index (χ1v) is 8.11. The molecule has 3 rings (SSSR count). The molecule has 1 aliphatic carbocycles. The Kier molecular flexibility index (Phi) is 3.84. The van der Waals surface area contributed by atoms with Crippen LogP contribution in [0.5, 0.6) is 0 Å². The van der Waals surface area contributed by atoms with E-state index in [1.165, 1.54) is 0 Å². The predicted octanol–water partition coefficient (Wildman–Crippen LogP) is 2.98. The smallest absolute Gasteiger partial charge is 0.152 e. The van der Waals surface area contributed by atoms with E-state index in [4.69, 9.17) is 4.74 Å². The summed E-state index contributed by atoms with van der Waals surface area (Å²) in [5.74, 6) is 0.551. The lowest BCUT2D eigenvalue weighted by atomic mass is 9.87. The van der Waals surface area contributed by atoms with Crippen LogP contribution >= 0.6 is 0 Å². The van der Waals surface area contributed by atoms with Gasteiger partial charge < -0.3 is 4.74 Å². The van der Waals surface area contributed by atoms with E-state index < -0.39 is 0 Å². The molecule has 3 aliphatic rings. The molecular formula is C17H31NO2. The minimum atomic E-state index is 0.129. The molecule has 0 N–H and O–H groups in total. The molecule has 2 saturated heterocycles. The number of carbonyl (C=O) groups is 1. The van der Waals surface area contributed by atoms with Crippen LogP contribution in [0.3, 0.4) is 0 Å². The molecule has 3 heteroatoms. The van der Waals surface area contributed by atoms with Gasteiger partial charge in [0, 0.05) is 23.3 Å². The summed E-state index contributed by atoms with van der Waals surface area (Å²) in [6.45, 7) is 15.6. The van der Waals surface area contributed by atoms with Gasteiger partial charge in [-0.3, -0.25) is 9.69 Å². The van der Waals surface area contributed by atoms with Crippen LogP contribution in [0.2, 0.25) is 0 Å². The van der Waals surface area contributed by atoms with Crippen LogP contribution < -0.4 is 0 Å². The number of likely N-dealkylation sites (tertiary alicyclic amines) is 1. The van der Waals surface area contributed by atoms with Gasteiger partial charge in [-0.25, -0.2) is 0 Å². The van der Waals surface area contributed by atoms with Gasteiger partial charge in [0.2, 0.25) is 0 Å². The maximum absolute atomic E-state index is 12.3. The third-order valence-electron chi connectivity index (χ3n) is 6.43. The highest BCUT2D eigenvalue weighted by Crippen LogP contribution is 2.84. The van der Waals surface area contributed by atoms with Gasteiger partial charge in [0.05, 0.1) is 19.3 Å². The van der Waals surface area contributed by atoms with E-state index in [0.717, 1.165) is 26.2 Å². The number of fused-ring (bicyclic) bond motifs is 1. The first-order valence-electron chi connectivity index (χ1n) is 8.11. The van der Waals surface area contributed by atoms with Gasteiger partial charge in [-0.1, -0.05) is 41.5 Å². The Morgan fingerprint density at radius 1 is 1.20 bits per heavy atom. The predicted molar refractivity (Wildman–Crippen MR) is 81.7 cm³/mol. The first kappa shape index (κ1) is 16.0. The summed E-state index contributed by atoms with van der Waals surface area (Å²) in [5.41, 5.74) is 1.01. The summed E-state index contributed by atoms with van der Waals surface area (Å²) in [6.07, 6.45) is 1.04. The first-order chi connectivity index (χ1) is 9.29. The minimum Gasteiger partial charge on any atom is -0.380 e. The molecule has 2 atom stereocenters. The topological polar surface area (TPSA) is 29.5 Å². The maximum Gasteiger partial charge on any atom is 0.152 e. The SMILES string of the molecule is CC.CC(C)C(=O)C1CC2(CN1C)C(C)(C)C21COC1. The maximum atomic E-state index is 12.3. The minimum absolute atomic E-state index is 0.129. The van der Waals surface area contributed by atoms with Gasteiger partial charge in [0.15, 0.2) is 5.78 Å². The molecule has 0 bridgehead atoms. The molecule has 3 nitrogen and oxygen atoms in total. The molecular weight excluding hydrogens is 250 g/mol. The van der Waals surface area contributed by atoms with Gasteiger partial charge in [-0.15, -0.1) is 0 Å². The van der Waals surface area contributed by atoms with Crippen molar-refractivity contribution in [3.05, 3.63) is 0 Å². The average Bonchev–Trinajstić information content (AvgIpc) is 2.60. The van der Waals surface area contributed by atoms with E-state index in [1.807, 2.05) is 27.7 Å². The lowest BCUT2D eigenvalue weighted by molar-refractivity contribution is -0.126. The Morgan fingerprint density at radius 3 is 2.10 bits per heavy atom. The van der Waals surface area contributed by atoms with E-state index >= 15 is 0 Å². The molecule has 0 aromatic rings. The van der Waals surface area contributed by atoms with E-state index in [-0.39, 0.29) is 12.0 Å². The second-order valence-electron chi connectivity index (χ2n) is 7.47. The number of likely N-dealkylation sites (N-methyl/N-ethyl adjacent to an activating group) is 1. The number of ether oxygens (including phenoxy) is 1. The van der Waals surface area contributed by atoms with Crippen molar-refractivity contribution >= 4 is 5.78 Å². The number of ketones is 1. The lowest BCUT2D eigenvalue weighted by Gasteiger charge is -2.32. The van der Waals surface area contributed by atoms with Gasteiger partial charge in [-0.2, -0.15) is 0 Å². The fraction of sp³-hybridized carbons (Fsp3) is 0.941. The quantitative estimate of drug-likeness (QED) is 0.779. The van der Waals surface area contributed by atoms with Crippen molar-refractivity contribution in [3.63, 3.8) is 0 Å². The monoisotopic (exact) mass is 281 g/mol. The highest BCUT2D eigenvalue weighted by Gasteiger charge is 2.86. The standard InChI is InChI=1S/C15H25NO2.C2H6/c1-10(2)12(17)11-6-14(7-16(11)5)13(3,4)15(14)8-18-9-15;1-2/h10-11H,6-9H2,1-5H3;1-2H3. The number of carbonyl (C=O) groups excluding carboxylic acids is 1.